The van der Waals surface area contributed by atoms with Crippen molar-refractivity contribution in [3.63, 3.8) is 0 Å². The number of aromatic nitrogens is 2. The molecule has 7 heteroatoms. The van der Waals surface area contributed by atoms with Crippen molar-refractivity contribution < 1.29 is 17.9 Å². The van der Waals surface area contributed by atoms with Crippen LogP contribution in [0.4, 0.5) is 24.7 Å². The largest absolute Gasteiger partial charge is 0.491 e. The van der Waals surface area contributed by atoms with Gasteiger partial charge in [0.1, 0.15) is 11.6 Å². The molecule has 0 amide bonds. The summed E-state index contributed by atoms with van der Waals surface area (Å²) in [5.41, 5.74) is 2.21. The second-order valence-corrected chi connectivity index (χ2v) is 7.61. The number of benzene rings is 2. The standard InChI is InChI=1S/C24H22F3N3O/c1-15(2)31-20-9-5-8-19(12-20)29-23-13-22-17(14-28-23)11-21(30(22)3)16-6-4-7-18(10-16)24(25,26)27/h4-15H,1-3H3,(H,28,29). The lowest BCUT2D eigenvalue weighted by Gasteiger charge is -2.12. The maximum absolute atomic E-state index is 13.1. The Bertz CT molecular complexity index is 1230. The molecule has 0 unspecified atom stereocenters. The topological polar surface area (TPSA) is 39.1 Å². The zero-order chi connectivity index (χ0) is 22.2. The second-order valence-electron chi connectivity index (χ2n) is 7.61. The highest BCUT2D eigenvalue weighted by molar-refractivity contribution is 5.88. The van der Waals surface area contributed by atoms with Gasteiger partial charge in [0.05, 0.1) is 17.2 Å². The van der Waals surface area contributed by atoms with E-state index < -0.39 is 11.7 Å². The molecule has 1 N–H and O–H groups in total. The first-order valence-corrected chi connectivity index (χ1v) is 9.87. The van der Waals surface area contributed by atoms with Crippen LogP contribution in [0.3, 0.4) is 0 Å². The van der Waals surface area contributed by atoms with Gasteiger partial charge in [0.15, 0.2) is 0 Å². The van der Waals surface area contributed by atoms with Gasteiger partial charge in [0, 0.05) is 42.1 Å². The van der Waals surface area contributed by atoms with E-state index in [2.05, 4.69) is 10.3 Å². The SMILES string of the molecule is CC(C)Oc1cccc(Nc2cc3c(cn2)cc(-c2cccc(C(F)(F)F)c2)n3C)c1. The predicted octanol–water partition coefficient (Wildman–Crippen LogP) is 6.79. The molecule has 2 aromatic heterocycles. The van der Waals surface area contributed by atoms with E-state index in [1.807, 2.05) is 61.9 Å². The number of pyridine rings is 1. The molecular formula is C24H22F3N3O. The molecule has 0 saturated carbocycles. The highest BCUT2D eigenvalue weighted by atomic mass is 19.4. The molecule has 2 heterocycles. The van der Waals surface area contributed by atoms with Gasteiger partial charge in [-0.3, -0.25) is 0 Å². The average molecular weight is 425 g/mol. The van der Waals surface area contributed by atoms with Crippen LogP contribution in [0.25, 0.3) is 22.2 Å². The fraction of sp³-hybridized carbons (Fsp3) is 0.208. The molecule has 0 fully saturated rings. The van der Waals surface area contributed by atoms with E-state index in [0.717, 1.165) is 28.4 Å². The van der Waals surface area contributed by atoms with Crippen LogP contribution in [0.2, 0.25) is 0 Å². The number of halogens is 3. The average Bonchev–Trinajstić information content (AvgIpc) is 3.03. The minimum absolute atomic E-state index is 0.0716. The molecule has 0 aliphatic carbocycles. The van der Waals surface area contributed by atoms with Crippen LogP contribution >= 0.6 is 0 Å². The Kier molecular flexibility index (Phi) is 5.35. The molecule has 0 saturated heterocycles. The summed E-state index contributed by atoms with van der Waals surface area (Å²) in [6.45, 7) is 3.93. The normalized spacial score (nSPS) is 11.8. The molecule has 4 aromatic rings. The molecule has 31 heavy (non-hydrogen) atoms. The molecule has 160 valence electrons. The van der Waals surface area contributed by atoms with Crippen molar-refractivity contribution in [2.75, 3.05) is 5.32 Å². The molecule has 2 aromatic carbocycles. The van der Waals surface area contributed by atoms with Gasteiger partial charge in [0.25, 0.3) is 0 Å². The minimum atomic E-state index is -4.38. The molecule has 0 aliphatic heterocycles. The summed E-state index contributed by atoms with van der Waals surface area (Å²) in [5, 5.41) is 4.11. The lowest BCUT2D eigenvalue weighted by Crippen LogP contribution is -2.05. The lowest BCUT2D eigenvalue weighted by atomic mass is 10.1. The van der Waals surface area contributed by atoms with E-state index in [0.29, 0.717) is 17.1 Å². The quantitative estimate of drug-likeness (QED) is 0.383. The van der Waals surface area contributed by atoms with Crippen molar-refractivity contribution in [2.45, 2.75) is 26.1 Å². The van der Waals surface area contributed by atoms with Crippen LogP contribution in [-0.2, 0) is 13.2 Å². The fourth-order valence-electron chi connectivity index (χ4n) is 3.50. The molecule has 0 radical (unpaired) electrons. The molecule has 0 atom stereocenters. The van der Waals surface area contributed by atoms with Crippen LogP contribution in [0.5, 0.6) is 5.75 Å². The molecule has 0 aliphatic rings. The molecule has 0 bridgehead atoms. The van der Waals surface area contributed by atoms with Crippen molar-refractivity contribution in [1.82, 2.24) is 9.55 Å². The van der Waals surface area contributed by atoms with Crippen molar-refractivity contribution >= 4 is 22.4 Å². The van der Waals surface area contributed by atoms with Crippen molar-refractivity contribution in [2.24, 2.45) is 7.05 Å². The molecular weight excluding hydrogens is 403 g/mol. The number of nitrogens with zero attached hydrogens (tertiary/aromatic N) is 2. The van der Waals surface area contributed by atoms with Gasteiger partial charge in [-0.1, -0.05) is 18.2 Å². The highest BCUT2D eigenvalue weighted by Gasteiger charge is 2.30. The number of anilines is 2. The van der Waals surface area contributed by atoms with Crippen LogP contribution in [-0.4, -0.2) is 15.7 Å². The molecule has 4 nitrogen and oxygen atoms in total. The fourth-order valence-corrected chi connectivity index (χ4v) is 3.50. The van der Waals surface area contributed by atoms with E-state index in [1.165, 1.54) is 12.1 Å². The van der Waals surface area contributed by atoms with Gasteiger partial charge >= 0.3 is 6.18 Å². The third kappa shape index (κ3) is 4.50. The monoisotopic (exact) mass is 425 g/mol. The number of hydrogen-bond acceptors (Lipinski definition) is 3. The van der Waals surface area contributed by atoms with Crippen LogP contribution in [0.15, 0.2) is 66.9 Å². The maximum Gasteiger partial charge on any atom is 0.416 e. The van der Waals surface area contributed by atoms with Gasteiger partial charge in [-0.05, 0) is 49.7 Å². The lowest BCUT2D eigenvalue weighted by molar-refractivity contribution is -0.137. The van der Waals surface area contributed by atoms with Crippen LogP contribution in [0, 0.1) is 0 Å². The van der Waals surface area contributed by atoms with E-state index in [-0.39, 0.29) is 6.10 Å². The highest BCUT2D eigenvalue weighted by Crippen LogP contribution is 2.34. The Balaban J connectivity index is 1.66. The Morgan fingerprint density at radius 3 is 2.52 bits per heavy atom. The van der Waals surface area contributed by atoms with Gasteiger partial charge in [-0.15, -0.1) is 0 Å². The Morgan fingerprint density at radius 1 is 1.00 bits per heavy atom. The number of ether oxygens (including phenoxy) is 1. The first-order valence-electron chi connectivity index (χ1n) is 9.87. The second kappa shape index (κ2) is 7.98. The zero-order valence-electron chi connectivity index (χ0n) is 17.4. The Hall–Kier alpha value is -3.48. The van der Waals surface area contributed by atoms with Crippen LogP contribution < -0.4 is 10.1 Å². The van der Waals surface area contributed by atoms with Gasteiger partial charge in [-0.2, -0.15) is 13.2 Å². The minimum Gasteiger partial charge on any atom is -0.491 e. The molecule has 0 spiro atoms. The predicted molar refractivity (Wildman–Crippen MR) is 117 cm³/mol. The summed E-state index contributed by atoms with van der Waals surface area (Å²) in [6, 6.07) is 16.7. The van der Waals surface area contributed by atoms with E-state index in [1.54, 1.807) is 12.3 Å². The third-order valence-corrected chi connectivity index (χ3v) is 4.89. The van der Waals surface area contributed by atoms with Crippen molar-refractivity contribution in [1.29, 1.82) is 0 Å². The summed E-state index contributed by atoms with van der Waals surface area (Å²) in [7, 11) is 1.83. The zero-order valence-corrected chi connectivity index (χ0v) is 17.4. The first kappa shape index (κ1) is 20.8. The number of aryl methyl sites for hydroxylation is 1. The maximum atomic E-state index is 13.1. The van der Waals surface area contributed by atoms with E-state index >= 15 is 0 Å². The summed E-state index contributed by atoms with van der Waals surface area (Å²) in [4.78, 5) is 4.45. The van der Waals surface area contributed by atoms with Gasteiger partial charge < -0.3 is 14.6 Å². The van der Waals surface area contributed by atoms with Crippen LogP contribution in [0.1, 0.15) is 19.4 Å². The number of hydrogen-bond donors (Lipinski definition) is 1. The van der Waals surface area contributed by atoms with Gasteiger partial charge in [-0.25, -0.2) is 4.98 Å². The summed E-state index contributed by atoms with van der Waals surface area (Å²) < 4.78 is 46.9. The number of fused-ring (bicyclic) bond motifs is 1. The number of rotatable bonds is 5. The van der Waals surface area contributed by atoms with Gasteiger partial charge in [0.2, 0.25) is 0 Å². The third-order valence-electron chi connectivity index (χ3n) is 4.89. The number of alkyl halides is 3. The smallest absolute Gasteiger partial charge is 0.416 e. The van der Waals surface area contributed by atoms with E-state index in [4.69, 9.17) is 4.74 Å². The summed E-state index contributed by atoms with van der Waals surface area (Å²) >= 11 is 0. The van der Waals surface area contributed by atoms with Crippen molar-refractivity contribution in [3.05, 3.63) is 72.4 Å². The first-order chi connectivity index (χ1) is 14.7. The van der Waals surface area contributed by atoms with E-state index in [9.17, 15) is 13.2 Å². The number of nitrogens with one attached hydrogen (secondary N) is 1. The van der Waals surface area contributed by atoms with Crippen molar-refractivity contribution in [3.8, 4) is 17.0 Å². The Morgan fingerprint density at radius 2 is 1.77 bits per heavy atom. The summed E-state index contributed by atoms with van der Waals surface area (Å²) in [5.74, 6) is 1.39. The molecule has 4 rings (SSSR count). The summed E-state index contributed by atoms with van der Waals surface area (Å²) in [6.07, 6.45) is -2.60. The Labute approximate surface area is 178 Å².